The average Bonchev–Trinajstić information content (AvgIpc) is 2.28. The van der Waals surface area contributed by atoms with E-state index in [0.29, 0.717) is 0 Å². The van der Waals surface area contributed by atoms with Gasteiger partial charge < -0.3 is 14.6 Å². The third-order valence-corrected chi connectivity index (χ3v) is 7.41. The summed E-state index contributed by atoms with van der Waals surface area (Å²) >= 11 is 1.76. The van der Waals surface area contributed by atoms with Gasteiger partial charge in [-0.25, -0.2) is 0 Å². The van der Waals surface area contributed by atoms with Gasteiger partial charge >= 0.3 is 8.56 Å². The van der Waals surface area contributed by atoms with Crippen molar-refractivity contribution in [3.05, 3.63) is 0 Å². The third kappa shape index (κ3) is 6.45. The van der Waals surface area contributed by atoms with Crippen LogP contribution in [0.1, 0.15) is 20.3 Å². The summed E-state index contributed by atoms with van der Waals surface area (Å²) in [7, 11) is 1.49. The van der Waals surface area contributed by atoms with E-state index >= 15 is 0 Å². The fourth-order valence-electron chi connectivity index (χ4n) is 1.18. The molecule has 0 aromatic heterocycles. The molecule has 0 aromatic carbocycles. The van der Waals surface area contributed by atoms with E-state index in [1.165, 1.54) is 0 Å². The van der Waals surface area contributed by atoms with Gasteiger partial charge in [-0.1, -0.05) is 13.8 Å². The second kappa shape index (κ2) is 7.40. The fourth-order valence-corrected chi connectivity index (χ4v) is 3.98. The van der Waals surface area contributed by atoms with Gasteiger partial charge in [0.2, 0.25) is 5.91 Å². The Balaban J connectivity index is 3.77. The lowest BCUT2D eigenvalue weighted by molar-refractivity contribution is -0.124. The second-order valence-electron chi connectivity index (χ2n) is 4.95. The molecule has 0 saturated heterocycles. The molecule has 0 unspecified atom stereocenters. The molecular weight excluding hydrogens is 254 g/mol. The van der Waals surface area contributed by atoms with Crippen molar-refractivity contribution in [2.24, 2.45) is 11.1 Å². The molecule has 0 aliphatic heterocycles. The third-order valence-electron chi connectivity index (χ3n) is 2.91. The smallest absolute Gasteiger partial charge is 0.334 e. The number of thioether (sulfide) groups is 1. The molecule has 17 heavy (non-hydrogen) atoms. The molecule has 0 saturated carbocycles. The molecule has 2 N–H and O–H groups in total. The highest BCUT2D eigenvalue weighted by Crippen LogP contribution is 2.23. The van der Waals surface area contributed by atoms with Gasteiger partial charge in [0.1, 0.15) is 0 Å². The maximum absolute atomic E-state index is 11.1. The van der Waals surface area contributed by atoms with Gasteiger partial charge in [-0.05, 0) is 24.8 Å². The summed E-state index contributed by atoms with van der Waals surface area (Å²) in [5.41, 5.74) is 4.89. The molecule has 0 aromatic rings. The Morgan fingerprint density at radius 1 is 1.35 bits per heavy atom. The summed E-state index contributed by atoms with van der Waals surface area (Å²) in [6, 6.07) is 0.976. The maximum atomic E-state index is 11.1. The van der Waals surface area contributed by atoms with Crippen LogP contribution in [0.4, 0.5) is 0 Å². The molecule has 0 fully saturated rings. The van der Waals surface area contributed by atoms with Crippen LogP contribution in [-0.4, -0.2) is 40.2 Å². The van der Waals surface area contributed by atoms with Crippen LogP contribution in [0.3, 0.4) is 0 Å². The zero-order valence-corrected chi connectivity index (χ0v) is 13.4. The molecule has 0 heterocycles. The molecule has 102 valence electrons. The minimum atomic E-state index is -1.92. The first-order chi connectivity index (χ1) is 7.77. The molecule has 0 aliphatic carbocycles. The van der Waals surface area contributed by atoms with Crippen LogP contribution in [0.15, 0.2) is 0 Å². The lowest BCUT2D eigenvalue weighted by Crippen LogP contribution is -2.36. The van der Waals surface area contributed by atoms with Crippen LogP contribution in [0.2, 0.25) is 12.6 Å². The van der Waals surface area contributed by atoms with Gasteiger partial charge in [-0.2, -0.15) is 11.8 Å². The van der Waals surface area contributed by atoms with Gasteiger partial charge in [0, 0.05) is 20.0 Å². The van der Waals surface area contributed by atoms with Gasteiger partial charge in [0.15, 0.2) is 0 Å². The Labute approximate surface area is 110 Å². The van der Waals surface area contributed by atoms with Crippen molar-refractivity contribution in [2.45, 2.75) is 32.9 Å². The minimum Gasteiger partial charge on any atom is -0.398 e. The monoisotopic (exact) mass is 279 g/mol. The minimum absolute atomic E-state index is 0.238. The molecule has 0 rings (SSSR count). The number of hydrogen-bond acceptors (Lipinski definition) is 4. The normalized spacial score (nSPS) is 12.8. The average molecular weight is 279 g/mol. The number of amides is 1. The number of hydrogen-bond donors (Lipinski definition) is 1. The Hall–Kier alpha value is -0.0431. The Bertz CT molecular complexity index is 245. The predicted molar refractivity (Wildman–Crippen MR) is 75.4 cm³/mol. The van der Waals surface area contributed by atoms with E-state index in [4.69, 9.17) is 14.6 Å². The summed E-state index contributed by atoms with van der Waals surface area (Å²) in [6.07, 6.45) is 1.05. The van der Waals surface area contributed by atoms with E-state index < -0.39 is 14.0 Å². The first-order valence-electron chi connectivity index (χ1n) is 5.75. The maximum Gasteiger partial charge on any atom is 0.334 e. The molecule has 0 atom stereocenters. The van der Waals surface area contributed by atoms with Crippen LogP contribution >= 0.6 is 11.8 Å². The summed E-state index contributed by atoms with van der Waals surface area (Å²) in [5.74, 6) is 1.53. The number of carbonyl (C=O) groups excluding carboxylic acids is 1. The Morgan fingerprint density at radius 2 is 1.88 bits per heavy atom. The van der Waals surface area contributed by atoms with Gasteiger partial charge in [0.05, 0.1) is 5.41 Å². The SMILES string of the molecule is CO[Si](C)(CCCSCC(C)(C)C(N)=O)OC. The van der Waals surface area contributed by atoms with Gasteiger partial charge in [0.25, 0.3) is 0 Å². The molecule has 0 aliphatic rings. The van der Waals surface area contributed by atoms with Crippen molar-refractivity contribution in [1.29, 1.82) is 0 Å². The zero-order valence-electron chi connectivity index (χ0n) is 11.5. The van der Waals surface area contributed by atoms with Gasteiger partial charge in [-0.3, -0.25) is 4.79 Å². The summed E-state index contributed by atoms with van der Waals surface area (Å²) in [6.45, 7) is 5.82. The first-order valence-corrected chi connectivity index (χ1v) is 9.43. The van der Waals surface area contributed by atoms with Crippen molar-refractivity contribution in [1.82, 2.24) is 0 Å². The van der Waals surface area contributed by atoms with Crippen LogP contribution in [0, 0.1) is 5.41 Å². The molecule has 0 radical (unpaired) electrons. The molecule has 1 amide bonds. The van der Waals surface area contributed by atoms with Crippen LogP contribution in [-0.2, 0) is 13.6 Å². The number of nitrogens with two attached hydrogens (primary N) is 1. The largest absolute Gasteiger partial charge is 0.398 e. The Kier molecular flexibility index (Phi) is 7.39. The van der Waals surface area contributed by atoms with Crippen LogP contribution < -0.4 is 5.73 Å². The number of rotatable bonds is 9. The van der Waals surface area contributed by atoms with Crippen molar-refractivity contribution >= 4 is 26.2 Å². The van der Waals surface area contributed by atoms with Gasteiger partial charge in [-0.15, -0.1) is 0 Å². The topological polar surface area (TPSA) is 61.5 Å². The second-order valence-corrected chi connectivity index (χ2v) is 9.64. The van der Waals surface area contributed by atoms with Crippen molar-refractivity contribution in [3.8, 4) is 0 Å². The fraction of sp³-hybridized carbons (Fsp3) is 0.909. The highest BCUT2D eigenvalue weighted by molar-refractivity contribution is 7.99. The zero-order chi connectivity index (χ0) is 13.5. The highest BCUT2D eigenvalue weighted by Gasteiger charge is 2.28. The van der Waals surface area contributed by atoms with Crippen molar-refractivity contribution in [3.63, 3.8) is 0 Å². The summed E-state index contributed by atoms with van der Waals surface area (Å²) < 4.78 is 10.8. The van der Waals surface area contributed by atoms with E-state index in [9.17, 15) is 4.79 Å². The molecule has 4 nitrogen and oxygen atoms in total. The van der Waals surface area contributed by atoms with E-state index in [-0.39, 0.29) is 5.91 Å². The van der Waals surface area contributed by atoms with E-state index in [2.05, 4.69) is 6.55 Å². The highest BCUT2D eigenvalue weighted by atomic mass is 32.2. The standard InChI is InChI=1S/C11H25NO3SSi/c1-11(2,10(12)13)9-16-7-6-8-17(5,14-3)15-4/h6-9H2,1-5H3,(H2,12,13). The molecule has 0 spiro atoms. The lowest BCUT2D eigenvalue weighted by atomic mass is 9.96. The van der Waals surface area contributed by atoms with E-state index in [1.54, 1.807) is 26.0 Å². The van der Waals surface area contributed by atoms with E-state index in [1.807, 2.05) is 13.8 Å². The van der Waals surface area contributed by atoms with E-state index in [0.717, 1.165) is 24.0 Å². The molecule has 0 bridgehead atoms. The predicted octanol–water partition coefficient (Wildman–Crippen LogP) is 1.99. The quantitative estimate of drug-likeness (QED) is 0.518. The number of primary amides is 1. The Morgan fingerprint density at radius 3 is 2.29 bits per heavy atom. The van der Waals surface area contributed by atoms with Crippen LogP contribution in [0.25, 0.3) is 0 Å². The van der Waals surface area contributed by atoms with Crippen LogP contribution in [0.5, 0.6) is 0 Å². The number of carbonyl (C=O) groups is 1. The lowest BCUT2D eigenvalue weighted by Gasteiger charge is -2.23. The first kappa shape index (κ1) is 17.0. The van der Waals surface area contributed by atoms with Crippen molar-refractivity contribution < 1.29 is 13.6 Å². The summed E-state index contributed by atoms with van der Waals surface area (Å²) in [5, 5.41) is 0. The van der Waals surface area contributed by atoms with Crippen molar-refractivity contribution in [2.75, 3.05) is 25.7 Å². The molecular formula is C11H25NO3SSi. The molecule has 6 heteroatoms. The summed E-state index contributed by atoms with van der Waals surface area (Å²) in [4.78, 5) is 11.1.